The Labute approximate surface area is 132 Å². The number of halogens is 3. The zero-order valence-electron chi connectivity index (χ0n) is 13.1. The lowest BCUT2D eigenvalue weighted by molar-refractivity contribution is -0.146. The Kier molecular flexibility index (Phi) is 6.60. The molecule has 0 saturated heterocycles. The predicted octanol–water partition coefficient (Wildman–Crippen LogP) is 3.21. The molecule has 0 fully saturated rings. The van der Waals surface area contributed by atoms with E-state index in [1.807, 2.05) is 6.92 Å². The third-order valence-corrected chi connectivity index (χ3v) is 3.35. The van der Waals surface area contributed by atoms with E-state index >= 15 is 0 Å². The minimum Gasteiger partial charge on any atom is -0.480 e. The molecule has 1 aromatic rings. The first kappa shape index (κ1) is 19.0. The van der Waals surface area contributed by atoms with E-state index in [1.165, 1.54) is 17.0 Å². The first-order chi connectivity index (χ1) is 10.6. The summed E-state index contributed by atoms with van der Waals surface area (Å²) < 4.78 is 38.1. The van der Waals surface area contributed by atoms with Crippen LogP contribution in [0.5, 0.6) is 0 Å². The smallest absolute Gasteiger partial charge is 0.416 e. The first-order valence-corrected chi connectivity index (χ1v) is 7.31. The monoisotopic (exact) mass is 331 g/mol. The van der Waals surface area contributed by atoms with Crippen LogP contribution in [0.2, 0.25) is 0 Å². The molecule has 1 rings (SSSR count). The topological polar surface area (TPSA) is 57.6 Å². The third kappa shape index (κ3) is 5.92. The predicted molar refractivity (Wildman–Crippen MR) is 78.8 cm³/mol. The molecule has 0 aliphatic heterocycles. The summed E-state index contributed by atoms with van der Waals surface area (Å²) in [4.78, 5) is 24.3. The van der Waals surface area contributed by atoms with E-state index in [4.69, 9.17) is 5.11 Å². The molecule has 0 heterocycles. The van der Waals surface area contributed by atoms with Gasteiger partial charge >= 0.3 is 12.1 Å². The van der Waals surface area contributed by atoms with Gasteiger partial charge in [-0.05, 0) is 24.5 Å². The Morgan fingerprint density at radius 1 is 1.30 bits per heavy atom. The van der Waals surface area contributed by atoms with Gasteiger partial charge in [0.1, 0.15) is 6.54 Å². The molecule has 0 radical (unpaired) electrons. The summed E-state index contributed by atoms with van der Waals surface area (Å²) in [6, 6.07) is 4.83. The molecule has 0 aromatic heterocycles. The molecule has 0 aliphatic carbocycles. The van der Waals surface area contributed by atoms with E-state index in [1.54, 1.807) is 6.92 Å². The van der Waals surface area contributed by atoms with Gasteiger partial charge in [0.15, 0.2) is 0 Å². The number of carbonyl (C=O) groups excluding carboxylic acids is 1. The Hall–Kier alpha value is -2.05. The highest BCUT2D eigenvalue weighted by atomic mass is 19.4. The zero-order chi connectivity index (χ0) is 17.6. The van der Waals surface area contributed by atoms with Crippen LogP contribution in [0.25, 0.3) is 0 Å². The van der Waals surface area contributed by atoms with Gasteiger partial charge < -0.3 is 10.0 Å². The van der Waals surface area contributed by atoms with Gasteiger partial charge in [0, 0.05) is 12.5 Å². The molecule has 0 aliphatic rings. The highest BCUT2D eigenvalue weighted by Gasteiger charge is 2.30. The molecule has 0 saturated carbocycles. The summed E-state index contributed by atoms with van der Waals surface area (Å²) in [7, 11) is 0. The highest BCUT2D eigenvalue weighted by molar-refractivity contribution is 5.83. The largest absolute Gasteiger partial charge is 0.480 e. The quantitative estimate of drug-likeness (QED) is 0.835. The van der Waals surface area contributed by atoms with Crippen LogP contribution in [0.1, 0.15) is 31.4 Å². The van der Waals surface area contributed by atoms with Crippen LogP contribution in [0.3, 0.4) is 0 Å². The summed E-state index contributed by atoms with van der Waals surface area (Å²) >= 11 is 0. The third-order valence-electron chi connectivity index (χ3n) is 3.35. The average Bonchev–Trinajstić information content (AvgIpc) is 2.45. The SMILES string of the molecule is CCCN(CC(=O)O)C(=O)C(C)Cc1cccc(C(F)(F)F)c1. The number of hydrogen-bond donors (Lipinski definition) is 1. The number of benzene rings is 1. The van der Waals surface area contributed by atoms with E-state index in [0.29, 0.717) is 18.5 Å². The van der Waals surface area contributed by atoms with Crippen LogP contribution in [0.15, 0.2) is 24.3 Å². The number of aliphatic carboxylic acids is 1. The molecule has 128 valence electrons. The van der Waals surface area contributed by atoms with E-state index in [-0.39, 0.29) is 12.3 Å². The van der Waals surface area contributed by atoms with Crippen molar-refractivity contribution in [1.29, 1.82) is 0 Å². The van der Waals surface area contributed by atoms with Gasteiger partial charge in [-0.1, -0.05) is 32.0 Å². The number of amides is 1. The van der Waals surface area contributed by atoms with Gasteiger partial charge in [-0.25, -0.2) is 0 Å². The molecular weight excluding hydrogens is 311 g/mol. The van der Waals surface area contributed by atoms with E-state index in [2.05, 4.69) is 0 Å². The van der Waals surface area contributed by atoms with Gasteiger partial charge in [0.05, 0.1) is 5.56 Å². The molecule has 1 atom stereocenters. The van der Waals surface area contributed by atoms with Gasteiger partial charge in [-0.2, -0.15) is 13.2 Å². The Morgan fingerprint density at radius 2 is 1.96 bits per heavy atom. The molecule has 1 amide bonds. The highest BCUT2D eigenvalue weighted by Crippen LogP contribution is 2.30. The van der Waals surface area contributed by atoms with Crippen LogP contribution in [-0.4, -0.2) is 35.0 Å². The molecule has 1 aromatic carbocycles. The summed E-state index contributed by atoms with van der Waals surface area (Å²) in [5.41, 5.74) is -0.363. The van der Waals surface area contributed by atoms with Gasteiger partial charge in [0.2, 0.25) is 5.91 Å². The van der Waals surface area contributed by atoms with Crippen LogP contribution in [-0.2, 0) is 22.2 Å². The summed E-state index contributed by atoms with van der Waals surface area (Å²) in [6.45, 7) is 3.31. The molecule has 0 bridgehead atoms. The van der Waals surface area contributed by atoms with E-state index in [0.717, 1.165) is 12.1 Å². The van der Waals surface area contributed by atoms with E-state index < -0.39 is 30.2 Å². The Balaban J connectivity index is 2.83. The van der Waals surface area contributed by atoms with Gasteiger partial charge in [-0.15, -0.1) is 0 Å². The Bertz CT molecular complexity index is 558. The second-order valence-corrected chi connectivity index (χ2v) is 5.46. The fraction of sp³-hybridized carbons (Fsp3) is 0.500. The number of carbonyl (C=O) groups is 2. The summed E-state index contributed by atoms with van der Waals surface area (Å²) in [5.74, 6) is -2.07. The zero-order valence-corrected chi connectivity index (χ0v) is 13.1. The molecule has 1 N–H and O–H groups in total. The summed E-state index contributed by atoms with van der Waals surface area (Å²) in [6.07, 6.45) is -3.70. The fourth-order valence-corrected chi connectivity index (χ4v) is 2.33. The van der Waals surface area contributed by atoms with Crippen molar-refractivity contribution in [3.63, 3.8) is 0 Å². The summed E-state index contributed by atoms with van der Waals surface area (Å²) in [5, 5.41) is 8.84. The number of nitrogens with zero attached hydrogens (tertiary/aromatic N) is 1. The van der Waals surface area contributed by atoms with Gasteiger partial charge in [0.25, 0.3) is 0 Å². The molecule has 23 heavy (non-hydrogen) atoms. The fourth-order valence-electron chi connectivity index (χ4n) is 2.33. The molecule has 7 heteroatoms. The average molecular weight is 331 g/mol. The second-order valence-electron chi connectivity index (χ2n) is 5.46. The van der Waals surface area contributed by atoms with Crippen molar-refractivity contribution in [3.8, 4) is 0 Å². The van der Waals surface area contributed by atoms with Crippen molar-refractivity contribution in [2.24, 2.45) is 5.92 Å². The minimum absolute atomic E-state index is 0.128. The first-order valence-electron chi connectivity index (χ1n) is 7.31. The lowest BCUT2D eigenvalue weighted by Crippen LogP contribution is -2.40. The Morgan fingerprint density at radius 3 is 2.48 bits per heavy atom. The normalized spacial score (nSPS) is 12.7. The number of carboxylic acid groups (broad SMARTS) is 1. The number of carboxylic acids is 1. The number of alkyl halides is 3. The van der Waals surface area contributed by atoms with Crippen LogP contribution in [0, 0.1) is 5.92 Å². The van der Waals surface area contributed by atoms with Gasteiger partial charge in [-0.3, -0.25) is 9.59 Å². The van der Waals surface area contributed by atoms with Crippen LogP contribution in [0.4, 0.5) is 13.2 Å². The van der Waals surface area contributed by atoms with Crippen molar-refractivity contribution in [2.75, 3.05) is 13.1 Å². The van der Waals surface area contributed by atoms with Crippen molar-refractivity contribution in [3.05, 3.63) is 35.4 Å². The molecule has 1 unspecified atom stereocenters. The maximum atomic E-state index is 12.7. The molecular formula is C16H20F3NO3. The van der Waals surface area contributed by atoms with Crippen LogP contribution >= 0.6 is 0 Å². The van der Waals surface area contributed by atoms with Crippen molar-refractivity contribution in [1.82, 2.24) is 4.90 Å². The van der Waals surface area contributed by atoms with Crippen molar-refractivity contribution >= 4 is 11.9 Å². The lowest BCUT2D eigenvalue weighted by atomic mass is 9.98. The number of rotatable bonds is 7. The lowest BCUT2D eigenvalue weighted by Gasteiger charge is -2.24. The standard InChI is InChI=1S/C16H20F3NO3/c1-3-7-20(10-14(21)22)15(23)11(2)8-12-5-4-6-13(9-12)16(17,18)19/h4-6,9,11H,3,7-8,10H2,1-2H3,(H,21,22). The number of hydrogen-bond acceptors (Lipinski definition) is 2. The minimum atomic E-state index is -4.43. The molecule has 0 spiro atoms. The molecule has 4 nitrogen and oxygen atoms in total. The van der Waals surface area contributed by atoms with Crippen LogP contribution < -0.4 is 0 Å². The second kappa shape index (κ2) is 7.99. The maximum Gasteiger partial charge on any atom is 0.416 e. The van der Waals surface area contributed by atoms with Crippen molar-refractivity contribution < 1.29 is 27.9 Å². The van der Waals surface area contributed by atoms with Crippen molar-refractivity contribution in [2.45, 2.75) is 32.9 Å². The van der Waals surface area contributed by atoms with E-state index in [9.17, 15) is 22.8 Å². The maximum absolute atomic E-state index is 12.7.